The van der Waals surface area contributed by atoms with Crippen LogP contribution >= 0.6 is 0 Å². The SMILES string of the molecule is CCC(C)[C@H](NC(=O)c1ccc(=O)[nH]n1)C(=O)O. The number of rotatable bonds is 5. The Labute approximate surface area is 103 Å². The van der Waals surface area contributed by atoms with E-state index in [1.54, 1.807) is 6.92 Å². The molecule has 1 unspecified atom stereocenters. The van der Waals surface area contributed by atoms with Gasteiger partial charge in [-0.15, -0.1) is 0 Å². The van der Waals surface area contributed by atoms with Gasteiger partial charge in [0.2, 0.25) is 0 Å². The third kappa shape index (κ3) is 3.41. The minimum Gasteiger partial charge on any atom is -0.480 e. The standard InChI is InChI=1S/C11H15N3O4/c1-3-6(2)9(11(17)18)12-10(16)7-4-5-8(15)14-13-7/h4-6,9H,3H2,1-2H3,(H,12,16)(H,14,15)(H,17,18)/t6?,9-/m0/s1. The van der Waals surface area contributed by atoms with Gasteiger partial charge in [-0.25, -0.2) is 9.89 Å². The monoisotopic (exact) mass is 253 g/mol. The van der Waals surface area contributed by atoms with Gasteiger partial charge < -0.3 is 10.4 Å². The van der Waals surface area contributed by atoms with Gasteiger partial charge in [-0.05, 0) is 12.0 Å². The minimum absolute atomic E-state index is 0.0239. The third-order valence-electron chi connectivity index (χ3n) is 2.68. The van der Waals surface area contributed by atoms with Crippen molar-refractivity contribution >= 4 is 11.9 Å². The van der Waals surface area contributed by atoms with Crippen molar-refractivity contribution in [1.82, 2.24) is 15.5 Å². The largest absolute Gasteiger partial charge is 0.480 e. The van der Waals surface area contributed by atoms with Gasteiger partial charge in [-0.3, -0.25) is 9.59 Å². The topological polar surface area (TPSA) is 112 Å². The highest BCUT2D eigenvalue weighted by Gasteiger charge is 2.26. The molecule has 0 fully saturated rings. The molecule has 0 saturated carbocycles. The van der Waals surface area contributed by atoms with Crippen molar-refractivity contribution in [3.05, 3.63) is 28.2 Å². The molecule has 18 heavy (non-hydrogen) atoms. The number of aliphatic carboxylic acids is 1. The fourth-order valence-electron chi connectivity index (χ4n) is 1.37. The predicted molar refractivity (Wildman–Crippen MR) is 63.2 cm³/mol. The van der Waals surface area contributed by atoms with Crippen LogP contribution in [0.4, 0.5) is 0 Å². The normalized spacial score (nSPS) is 13.7. The Bertz CT molecular complexity index is 477. The number of H-pyrrole nitrogens is 1. The number of carbonyl (C=O) groups is 2. The molecule has 0 bridgehead atoms. The van der Waals surface area contributed by atoms with Crippen LogP contribution in [0, 0.1) is 5.92 Å². The van der Waals surface area contributed by atoms with Crippen LogP contribution in [-0.2, 0) is 4.79 Å². The van der Waals surface area contributed by atoms with Crippen molar-refractivity contribution in [2.45, 2.75) is 26.3 Å². The van der Waals surface area contributed by atoms with E-state index < -0.39 is 23.5 Å². The van der Waals surface area contributed by atoms with Crippen molar-refractivity contribution < 1.29 is 14.7 Å². The second kappa shape index (κ2) is 5.95. The van der Waals surface area contributed by atoms with Crippen LogP contribution in [0.5, 0.6) is 0 Å². The molecule has 0 saturated heterocycles. The summed E-state index contributed by atoms with van der Waals surface area (Å²) in [5, 5.41) is 17.0. The lowest BCUT2D eigenvalue weighted by Crippen LogP contribution is -2.45. The summed E-state index contributed by atoms with van der Waals surface area (Å²) in [6, 6.07) is 1.42. The number of aromatic amines is 1. The lowest BCUT2D eigenvalue weighted by molar-refractivity contribution is -0.140. The van der Waals surface area contributed by atoms with E-state index in [9.17, 15) is 14.4 Å². The molecule has 7 nitrogen and oxygen atoms in total. The molecule has 0 aliphatic rings. The first-order valence-corrected chi connectivity index (χ1v) is 5.55. The lowest BCUT2D eigenvalue weighted by Gasteiger charge is -2.19. The number of carboxylic acid groups (broad SMARTS) is 1. The smallest absolute Gasteiger partial charge is 0.326 e. The highest BCUT2D eigenvalue weighted by atomic mass is 16.4. The average molecular weight is 253 g/mol. The predicted octanol–water partition coefficient (Wildman–Crippen LogP) is -0.00100. The first-order valence-electron chi connectivity index (χ1n) is 5.55. The van der Waals surface area contributed by atoms with Crippen molar-refractivity contribution in [3.63, 3.8) is 0 Å². The van der Waals surface area contributed by atoms with Gasteiger partial charge in [0.1, 0.15) is 11.7 Å². The van der Waals surface area contributed by atoms with Crippen LogP contribution in [0.25, 0.3) is 0 Å². The average Bonchev–Trinajstić information content (AvgIpc) is 2.35. The van der Waals surface area contributed by atoms with Gasteiger partial charge in [0, 0.05) is 6.07 Å². The molecule has 0 aromatic carbocycles. The number of hydrogen-bond acceptors (Lipinski definition) is 4. The molecule has 0 radical (unpaired) electrons. The van der Waals surface area contributed by atoms with Gasteiger partial charge in [0.15, 0.2) is 0 Å². The van der Waals surface area contributed by atoms with Gasteiger partial charge in [-0.2, -0.15) is 5.10 Å². The Morgan fingerprint density at radius 3 is 2.61 bits per heavy atom. The molecule has 1 heterocycles. The summed E-state index contributed by atoms with van der Waals surface area (Å²) in [4.78, 5) is 33.5. The van der Waals surface area contributed by atoms with E-state index in [0.29, 0.717) is 6.42 Å². The molecule has 0 aliphatic carbocycles. The zero-order chi connectivity index (χ0) is 13.7. The molecule has 1 rings (SSSR count). The number of nitrogens with zero attached hydrogens (tertiary/aromatic N) is 1. The van der Waals surface area contributed by atoms with E-state index in [2.05, 4.69) is 15.5 Å². The van der Waals surface area contributed by atoms with Crippen molar-refractivity contribution in [3.8, 4) is 0 Å². The van der Waals surface area contributed by atoms with E-state index >= 15 is 0 Å². The fraction of sp³-hybridized carbons (Fsp3) is 0.455. The van der Waals surface area contributed by atoms with Crippen LogP contribution in [0.15, 0.2) is 16.9 Å². The van der Waals surface area contributed by atoms with Crippen LogP contribution < -0.4 is 10.9 Å². The summed E-state index contributed by atoms with van der Waals surface area (Å²) in [7, 11) is 0. The van der Waals surface area contributed by atoms with E-state index in [1.807, 2.05) is 6.92 Å². The van der Waals surface area contributed by atoms with Crippen molar-refractivity contribution in [1.29, 1.82) is 0 Å². The molecule has 1 amide bonds. The zero-order valence-corrected chi connectivity index (χ0v) is 10.1. The fourth-order valence-corrected chi connectivity index (χ4v) is 1.37. The highest BCUT2D eigenvalue weighted by Crippen LogP contribution is 2.08. The van der Waals surface area contributed by atoms with E-state index in [-0.39, 0.29) is 11.6 Å². The minimum atomic E-state index is -1.10. The number of nitrogens with one attached hydrogen (secondary N) is 2. The van der Waals surface area contributed by atoms with Crippen LogP contribution in [0.3, 0.4) is 0 Å². The summed E-state index contributed by atoms with van der Waals surface area (Å²) in [5.41, 5.74) is -0.451. The lowest BCUT2D eigenvalue weighted by atomic mass is 9.99. The number of aromatic nitrogens is 2. The first kappa shape index (κ1) is 13.9. The zero-order valence-electron chi connectivity index (χ0n) is 10.1. The molecule has 98 valence electrons. The highest BCUT2D eigenvalue weighted by molar-refractivity contribution is 5.94. The van der Waals surface area contributed by atoms with E-state index in [1.165, 1.54) is 6.07 Å². The van der Waals surface area contributed by atoms with Gasteiger partial charge in [0.05, 0.1) is 0 Å². The van der Waals surface area contributed by atoms with Crippen LogP contribution in [-0.4, -0.2) is 33.2 Å². The number of hydrogen-bond donors (Lipinski definition) is 3. The summed E-state index contributed by atoms with van der Waals surface area (Å²) in [6.07, 6.45) is 0.621. The molecule has 7 heteroatoms. The molecular weight excluding hydrogens is 238 g/mol. The maximum Gasteiger partial charge on any atom is 0.326 e. The molecule has 1 aromatic heterocycles. The van der Waals surface area contributed by atoms with Crippen LogP contribution in [0.1, 0.15) is 30.8 Å². The first-order chi connectivity index (χ1) is 8.45. The van der Waals surface area contributed by atoms with E-state index in [0.717, 1.165) is 6.07 Å². The summed E-state index contributed by atoms with van der Waals surface area (Å²) >= 11 is 0. The second-order valence-electron chi connectivity index (χ2n) is 3.98. The molecule has 3 N–H and O–H groups in total. The Hall–Kier alpha value is -2.18. The number of carboxylic acids is 1. The van der Waals surface area contributed by atoms with Crippen molar-refractivity contribution in [2.75, 3.05) is 0 Å². The third-order valence-corrected chi connectivity index (χ3v) is 2.68. The Morgan fingerprint density at radius 1 is 1.50 bits per heavy atom. The second-order valence-corrected chi connectivity index (χ2v) is 3.98. The molecule has 1 aromatic rings. The van der Waals surface area contributed by atoms with E-state index in [4.69, 9.17) is 5.11 Å². The number of carbonyl (C=O) groups excluding carboxylic acids is 1. The summed E-state index contributed by atoms with van der Waals surface area (Å²) < 4.78 is 0. The van der Waals surface area contributed by atoms with Gasteiger partial charge in [0.25, 0.3) is 11.5 Å². The molecule has 0 spiro atoms. The maximum atomic E-state index is 11.7. The molecular formula is C11H15N3O4. The van der Waals surface area contributed by atoms with Gasteiger partial charge >= 0.3 is 5.97 Å². The number of amides is 1. The molecule has 2 atom stereocenters. The quantitative estimate of drug-likeness (QED) is 0.683. The Kier molecular flexibility index (Phi) is 4.59. The maximum absolute atomic E-state index is 11.7. The van der Waals surface area contributed by atoms with Crippen molar-refractivity contribution in [2.24, 2.45) is 5.92 Å². The summed E-state index contributed by atoms with van der Waals surface area (Å²) in [6.45, 7) is 3.57. The van der Waals surface area contributed by atoms with Crippen LogP contribution in [0.2, 0.25) is 0 Å². The van der Waals surface area contributed by atoms with Gasteiger partial charge in [-0.1, -0.05) is 20.3 Å². The summed E-state index contributed by atoms with van der Waals surface area (Å²) in [5.74, 6) is -1.92. The Morgan fingerprint density at radius 2 is 2.17 bits per heavy atom. The Balaban J connectivity index is 2.81. The molecule has 0 aliphatic heterocycles.